The molecule has 0 aromatic rings. The standard InChI is InChI=1S/C28H46O10/c1-16-12-22(38-26-25(35)24(34)23(33)20(37-26)15-36-17(2)32)28(4)19(14-31)6-5-7-21(28)27(16,3)10-8-18(13-30)9-11-29/h6,9,16,20-26,29-31,33-35H,5,7-8,10-15H2,1-4H3. The summed E-state index contributed by atoms with van der Waals surface area (Å²) in [5, 5.41) is 61.0. The largest absolute Gasteiger partial charge is 0.463 e. The highest BCUT2D eigenvalue weighted by molar-refractivity contribution is 5.65. The van der Waals surface area contributed by atoms with Crippen LogP contribution in [0.4, 0.5) is 0 Å². The lowest BCUT2D eigenvalue weighted by atomic mass is 9.45. The molecule has 0 aromatic heterocycles. The van der Waals surface area contributed by atoms with Gasteiger partial charge in [0.1, 0.15) is 31.0 Å². The molecule has 2 aliphatic carbocycles. The van der Waals surface area contributed by atoms with Gasteiger partial charge in [-0.05, 0) is 60.5 Å². The monoisotopic (exact) mass is 542 g/mol. The molecule has 10 heteroatoms. The fourth-order valence-corrected chi connectivity index (χ4v) is 6.98. The maximum atomic E-state index is 11.3. The summed E-state index contributed by atoms with van der Waals surface area (Å²) in [5.41, 5.74) is 0.864. The van der Waals surface area contributed by atoms with Gasteiger partial charge >= 0.3 is 5.97 Å². The summed E-state index contributed by atoms with van der Waals surface area (Å²) in [6.45, 7) is 7.02. The summed E-state index contributed by atoms with van der Waals surface area (Å²) in [4.78, 5) is 11.3. The molecule has 6 N–H and O–H groups in total. The zero-order valence-corrected chi connectivity index (χ0v) is 23.0. The Labute approximate surface area is 224 Å². The molecule has 1 saturated heterocycles. The van der Waals surface area contributed by atoms with Crippen LogP contribution in [0.3, 0.4) is 0 Å². The SMILES string of the molecule is CC(=O)OCC1OC(OC2CC(C)C(C)(CCC(=CCO)CO)C3CCC=C(CO)C23C)C(O)C(O)C1O. The fourth-order valence-electron chi connectivity index (χ4n) is 6.98. The molecular formula is C28H46O10. The highest BCUT2D eigenvalue weighted by atomic mass is 16.7. The summed E-state index contributed by atoms with van der Waals surface area (Å²) in [5.74, 6) is -0.309. The number of aliphatic hydroxyl groups excluding tert-OH is 6. The molecule has 10 nitrogen and oxygen atoms in total. The van der Waals surface area contributed by atoms with Crippen molar-refractivity contribution in [2.24, 2.45) is 22.7 Å². The van der Waals surface area contributed by atoms with Crippen molar-refractivity contribution < 1.29 is 49.6 Å². The summed E-state index contributed by atoms with van der Waals surface area (Å²) >= 11 is 0. The summed E-state index contributed by atoms with van der Waals surface area (Å²) < 4.78 is 17.2. The third-order valence-electron chi connectivity index (χ3n) is 9.58. The molecule has 1 heterocycles. The molecule has 218 valence electrons. The average Bonchev–Trinajstić information content (AvgIpc) is 2.89. The van der Waals surface area contributed by atoms with Crippen molar-refractivity contribution in [1.82, 2.24) is 0 Å². The van der Waals surface area contributed by atoms with Crippen molar-refractivity contribution in [3.63, 3.8) is 0 Å². The normalized spacial score (nSPS) is 41.8. The van der Waals surface area contributed by atoms with Crippen LogP contribution in [0, 0.1) is 22.7 Å². The Balaban J connectivity index is 1.90. The van der Waals surface area contributed by atoms with Crippen molar-refractivity contribution in [2.75, 3.05) is 26.4 Å². The maximum Gasteiger partial charge on any atom is 0.302 e. The molecule has 3 aliphatic rings. The molecule has 0 radical (unpaired) electrons. The number of fused-ring (bicyclic) bond motifs is 1. The highest BCUT2D eigenvalue weighted by Gasteiger charge is 2.60. The molecular weight excluding hydrogens is 496 g/mol. The van der Waals surface area contributed by atoms with E-state index in [1.54, 1.807) is 6.08 Å². The van der Waals surface area contributed by atoms with Gasteiger partial charge < -0.3 is 44.8 Å². The van der Waals surface area contributed by atoms with E-state index >= 15 is 0 Å². The lowest BCUT2D eigenvalue weighted by molar-refractivity contribution is -0.328. The van der Waals surface area contributed by atoms with Gasteiger partial charge in [0, 0.05) is 12.3 Å². The molecule has 10 unspecified atom stereocenters. The minimum absolute atomic E-state index is 0.0954. The van der Waals surface area contributed by atoms with Gasteiger partial charge in [-0.25, -0.2) is 0 Å². The number of allylic oxidation sites excluding steroid dienone is 1. The number of rotatable bonds is 10. The molecule has 10 atom stereocenters. The van der Waals surface area contributed by atoms with Crippen LogP contribution < -0.4 is 0 Å². The van der Waals surface area contributed by atoms with Gasteiger partial charge in [0.05, 0.1) is 25.9 Å². The third-order valence-corrected chi connectivity index (χ3v) is 9.58. The van der Waals surface area contributed by atoms with Crippen molar-refractivity contribution in [1.29, 1.82) is 0 Å². The lowest BCUT2D eigenvalue weighted by Gasteiger charge is -2.61. The van der Waals surface area contributed by atoms with Crippen molar-refractivity contribution in [3.05, 3.63) is 23.3 Å². The van der Waals surface area contributed by atoms with E-state index < -0.39 is 48.2 Å². The second-order valence-corrected chi connectivity index (χ2v) is 11.6. The Kier molecular flexibility index (Phi) is 10.6. The molecule has 1 aliphatic heterocycles. The Morgan fingerprint density at radius 1 is 1.16 bits per heavy atom. The topological polar surface area (TPSA) is 166 Å². The van der Waals surface area contributed by atoms with Gasteiger partial charge in [-0.2, -0.15) is 0 Å². The first-order valence-electron chi connectivity index (χ1n) is 13.6. The summed E-state index contributed by atoms with van der Waals surface area (Å²) in [7, 11) is 0. The van der Waals surface area contributed by atoms with E-state index in [4.69, 9.17) is 14.2 Å². The van der Waals surface area contributed by atoms with E-state index in [1.807, 2.05) is 6.08 Å². The second-order valence-electron chi connectivity index (χ2n) is 11.6. The number of ether oxygens (including phenoxy) is 3. The lowest BCUT2D eigenvalue weighted by Crippen LogP contribution is -2.63. The van der Waals surface area contributed by atoms with E-state index in [1.165, 1.54) is 6.92 Å². The van der Waals surface area contributed by atoms with Gasteiger partial charge in [-0.15, -0.1) is 0 Å². The molecule has 0 bridgehead atoms. The van der Waals surface area contributed by atoms with Crippen LogP contribution >= 0.6 is 0 Å². The van der Waals surface area contributed by atoms with Crippen LogP contribution in [0.2, 0.25) is 0 Å². The predicted molar refractivity (Wildman–Crippen MR) is 138 cm³/mol. The predicted octanol–water partition coefficient (Wildman–Crippen LogP) is 0.815. The molecule has 0 spiro atoms. The molecule has 3 rings (SSSR count). The van der Waals surface area contributed by atoms with Crippen molar-refractivity contribution in [2.45, 2.75) is 96.6 Å². The van der Waals surface area contributed by atoms with E-state index in [-0.39, 0.29) is 43.7 Å². The zero-order valence-electron chi connectivity index (χ0n) is 23.0. The van der Waals surface area contributed by atoms with E-state index in [0.29, 0.717) is 12.8 Å². The number of carbonyl (C=O) groups excluding carboxylic acids is 1. The Hall–Kier alpha value is -1.37. The van der Waals surface area contributed by atoms with E-state index in [9.17, 15) is 35.4 Å². The summed E-state index contributed by atoms with van der Waals surface area (Å²) in [6, 6.07) is 0. The maximum absolute atomic E-state index is 11.3. The number of carbonyl (C=O) groups is 1. The summed E-state index contributed by atoms with van der Waals surface area (Å²) in [6.07, 6.45) is 0.00502. The Bertz CT molecular complexity index is 874. The van der Waals surface area contributed by atoms with Crippen LogP contribution in [0.1, 0.15) is 59.8 Å². The Morgan fingerprint density at radius 2 is 1.87 bits per heavy atom. The number of hydrogen-bond donors (Lipinski definition) is 6. The highest BCUT2D eigenvalue weighted by Crippen LogP contribution is 2.63. The van der Waals surface area contributed by atoms with Crippen LogP contribution in [-0.2, 0) is 19.0 Å². The van der Waals surface area contributed by atoms with Gasteiger partial charge in [0.2, 0.25) is 0 Å². The van der Waals surface area contributed by atoms with Gasteiger partial charge in [-0.3, -0.25) is 4.79 Å². The minimum atomic E-state index is -1.56. The average molecular weight is 543 g/mol. The molecule has 0 amide bonds. The Morgan fingerprint density at radius 3 is 2.47 bits per heavy atom. The first-order valence-corrected chi connectivity index (χ1v) is 13.6. The van der Waals surface area contributed by atoms with E-state index in [2.05, 4.69) is 20.8 Å². The first-order chi connectivity index (χ1) is 17.9. The number of esters is 1. The van der Waals surface area contributed by atoms with Crippen molar-refractivity contribution >= 4 is 5.97 Å². The van der Waals surface area contributed by atoms with Crippen LogP contribution in [0.25, 0.3) is 0 Å². The van der Waals surface area contributed by atoms with Crippen LogP contribution in [0.5, 0.6) is 0 Å². The van der Waals surface area contributed by atoms with Crippen molar-refractivity contribution in [3.8, 4) is 0 Å². The number of aliphatic hydroxyl groups is 6. The van der Waals surface area contributed by atoms with Gasteiger partial charge in [0.25, 0.3) is 0 Å². The van der Waals surface area contributed by atoms with E-state index in [0.717, 1.165) is 30.4 Å². The fraction of sp³-hybridized carbons (Fsp3) is 0.821. The third kappa shape index (κ3) is 6.02. The molecule has 0 aromatic carbocycles. The van der Waals surface area contributed by atoms with Crippen LogP contribution in [0.15, 0.2) is 23.3 Å². The minimum Gasteiger partial charge on any atom is -0.463 e. The number of hydrogen-bond acceptors (Lipinski definition) is 10. The van der Waals surface area contributed by atoms with Gasteiger partial charge in [-0.1, -0.05) is 32.9 Å². The second kappa shape index (κ2) is 12.9. The first kappa shape index (κ1) is 31.2. The molecule has 38 heavy (non-hydrogen) atoms. The smallest absolute Gasteiger partial charge is 0.302 e. The van der Waals surface area contributed by atoms with Gasteiger partial charge in [0.15, 0.2) is 6.29 Å². The molecule has 2 fully saturated rings. The van der Waals surface area contributed by atoms with Crippen LogP contribution in [-0.4, -0.2) is 99.8 Å². The molecule has 1 saturated carbocycles. The zero-order chi connectivity index (χ0) is 28.3. The quantitative estimate of drug-likeness (QED) is 0.172.